The van der Waals surface area contributed by atoms with Gasteiger partial charge in [-0.15, -0.1) is 0 Å². The van der Waals surface area contributed by atoms with Gasteiger partial charge >= 0.3 is 6.09 Å². The first-order valence-corrected chi connectivity index (χ1v) is 12.6. The quantitative estimate of drug-likeness (QED) is 0.338. The zero-order chi connectivity index (χ0) is 24.9. The van der Waals surface area contributed by atoms with Gasteiger partial charge in [-0.2, -0.15) is 4.31 Å². The SMILES string of the molecule is CCc1nc2ccc(Cl)cc2n1-c1ccc(CCOC(=O)N(c2ccc(CN)cc2)[SH](=O)=O)cc1. The van der Waals surface area contributed by atoms with Crippen molar-refractivity contribution in [3.63, 3.8) is 0 Å². The van der Waals surface area contributed by atoms with Crippen molar-refractivity contribution >= 4 is 45.3 Å². The van der Waals surface area contributed by atoms with E-state index in [-0.39, 0.29) is 12.3 Å². The maximum Gasteiger partial charge on any atom is 0.428 e. The van der Waals surface area contributed by atoms with Crippen LogP contribution in [0.1, 0.15) is 23.9 Å². The van der Waals surface area contributed by atoms with E-state index in [2.05, 4.69) is 4.57 Å². The molecule has 0 fully saturated rings. The average molecular weight is 513 g/mol. The summed E-state index contributed by atoms with van der Waals surface area (Å²) in [6.45, 7) is 2.40. The van der Waals surface area contributed by atoms with Crippen LogP contribution in [-0.2, 0) is 35.0 Å². The lowest BCUT2D eigenvalue weighted by atomic mass is 10.1. The minimum absolute atomic E-state index is 0.0303. The van der Waals surface area contributed by atoms with E-state index in [9.17, 15) is 13.2 Å². The van der Waals surface area contributed by atoms with E-state index < -0.39 is 17.0 Å². The normalized spacial score (nSPS) is 11.2. The Bertz CT molecular complexity index is 1410. The standard InChI is InChI=1S/C25H25ClN4O4S/c1-2-24-28-22-12-7-19(26)15-23(22)29(24)20-8-3-17(4-9-20)13-14-34-25(31)30(35(32)33)21-10-5-18(16-27)6-11-21/h3-12,15,35H,2,13-14,16,27H2,1H3. The Labute approximate surface area is 210 Å². The van der Waals surface area contributed by atoms with Crippen molar-refractivity contribution < 1.29 is 17.9 Å². The molecule has 0 atom stereocenters. The summed E-state index contributed by atoms with van der Waals surface area (Å²) >= 11 is 6.20. The fraction of sp³-hybridized carbons (Fsp3) is 0.200. The van der Waals surface area contributed by atoms with Gasteiger partial charge in [0.1, 0.15) is 5.82 Å². The molecule has 4 rings (SSSR count). The Morgan fingerprint density at radius 3 is 2.37 bits per heavy atom. The van der Waals surface area contributed by atoms with E-state index in [0.29, 0.717) is 22.3 Å². The van der Waals surface area contributed by atoms with Crippen LogP contribution >= 0.6 is 11.6 Å². The van der Waals surface area contributed by atoms with Crippen LogP contribution in [0, 0.1) is 0 Å². The summed E-state index contributed by atoms with van der Waals surface area (Å²) in [4.78, 5) is 17.1. The number of aromatic nitrogens is 2. The molecule has 0 saturated heterocycles. The molecule has 0 saturated carbocycles. The first-order valence-electron chi connectivity index (χ1n) is 11.1. The van der Waals surface area contributed by atoms with Crippen molar-refractivity contribution in [2.24, 2.45) is 5.73 Å². The molecule has 8 nitrogen and oxygen atoms in total. The lowest BCUT2D eigenvalue weighted by molar-refractivity contribution is 0.159. The number of halogens is 1. The number of hydrogen-bond donors (Lipinski definition) is 2. The Kier molecular flexibility index (Phi) is 7.70. The topological polar surface area (TPSA) is 108 Å². The van der Waals surface area contributed by atoms with Gasteiger partial charge in [0.15, 0.2) is 0 Å². The van der Waals surface area contributed by atoms with Crippen molar-refractivity contribution in [1.82, 2.24) is 9.55 Å². The Hall–Kier alpha value is -3.40. The highest BCUT2D eigenvalue weighted by atomic mass is 35.5. The molecule has 2 N–H and O–H groups in total. The fourth-order valence-corrected chi connectivity index (χ4v) is 4.47. The third kappa shape index (κ3) is 5.48. The highest BCUT2D eigenvalue weighted by Crippen LogP contribution is 2.25. The van der Waals surface area contributed by atoms with Crippen molar-refractivity contribution in [3.8, 4) is 5.69 Å². The van der Waals surface area contributed by atoms with Gasteiger partial charge in [0.05, 0.1) is 23.3 Å². The second-order valence-electron chi connectivity index (χ2n) is 7.80. The minimum atomic E-state index is -3.20. The van der Waals surface area contributed by atoms with Gasteiger partial charge in [0.2, 0.25) is 10.9 Å². The third-order valence-electron chi connectivity index (χ3n) is 5.57. The first kappa shape index (κ1) is 24.7. The highest BCUT2D eigenvalue weighted by Gasteiger charge is 2.20. The molecule has 35 heavy (non-hydrogen) atoms. The summed E-state index contributed by atoms with van der Waals surface area (Å²) in [5.41, 5.74) is 10.3. The van der Waals surface area contributed by atoms with E-state index in [0.717, 1.165) is 40.1 Å². The smallest absolute Gasteiger partial charge is 0.428 e. The maximum absolute atomic E-state index is 12.4. The molecule has 0 unspecified atom stereocenters. The van der Waals surface area contributed by atoms with Gasteiger partial charge in [-0.25, -0.2) is 18.2 Å². The Balaban J connectivity index is 1.44. The summed E-state index contributed by atoms with van der Waals surface area (Å²) in [5.74, 6) is 0.926. The minimum Gasteiger partial charge on any atom is -0.448 e. The number of benzene rings is 3. The Morgan fingerprint density at radius 1 is 1.06 bits per heavy atom. The molecule has 0 spiro atoms. The molecular formula is C25H25ClN4O4S. The number of carbonyl (C=O) groups excluding carboxylic acids is 1. The van der Waals surface area contributed by atoms with E-state index in [1.807, 2.05) is 49.4 Å². The lowest BCUT2D eigenvalue weighted by Crippen LogP contribution is -2.30. The van der Waals surface area contributed by atoms with Crippen LogP contribution in [0.15, 0.2) is 66.7 Å². The summed E-state index contributed by atoms with van der Waals surface area (Å²) in [6, 6.07) is 19.8. The lowest BCUT2D eigenvalue weighted by Gasteiger charge is -2.16. The summed E-state index contributed by atoms with van der Waals surface area (Å²) in [6.07, 6.45) is 0.239. The van der Waals surface area contributed by atoms with Gasteiger partial charge in [-0.3, -0.25) is 4.57 Å². The number of thiol groups is 1. The van der Waals surface area contributed by atoms with E-state index in [1.165, 1.54) is 12.1 Å². The van der Waals surface area contributed by atoms with Gasteiger partial charge in [-0.1, -0.05) is 42.8 Å². The molecule has 182 valence electrons. The second kappa shape index (κ2) is 10.9. The molecule has 0 aliphatic rings. The van der Waals surface area contributed by atoms with Crippen LogP contribution in [0.2, 0.25) is 5.02 Å². The molecule has 0 radical (unpaired) electrons. The van der Waals surface area contributed by atoms with Crippen molar-refractivity contribution in [2.75, 3.05) is 10.9 Å². The summed E-state index contributed by atoms with van der Waals surface area (Å²) in [5, 5.41) is 0.643. The number of nitrogens with zero attached hydrogens (tertiary/aromatic N) is 3. The van der Waals surface area contributed by atoms with E-state index >= 15 is 0 Å². The average Bonchev–Trinajstić information content (AvgIpc) is 3.22. The summed E-state index contributed by atoms with van der Waals surface area (Å²) < 4.78 is 31.3. The van der Waals surface area contributed by atoms with Crippen LogP contribution in [0.4, 0.5) is 10.5 Å². The molecule has 1 heterocycles. The van der Waals surface area contributed by atoms with Crippen LogP contribution in [0.5, 0.6) is 0 Å². The number of aryl methyl sites for hydroxylation is 1. The predicted octanol–water partition coefficient (Wildman–Crippen LogP) is 4.41. The van der Waals surface area contributed by atoms with Gasteiger partial charge in [0.25, 0.3) is 0 Å². The number of ether oxygens (including phenoxy) is 1. The molecule has 3 aromatic carbocycles. The molecule has 1 aromatic heterocycles. The van der Waals surface area contributed by atoms with Crippen molar-refractivity contribution in [3.05, 3.63) is 88.7 Å². The molecule has 4 aromatic rings. The number of amides is 1. The third-order valence-corrected chi connectivity index (χ3v) is 6.52. The molecular weight excluding hydrogens is 488 g/mol. The number of nitrogens with two attached hydrogens (primary N) is 1. The van der Waals surface area contributed by atoms with Crippen LogP contribution in [0.3, 0.4) is 0 Å². The number of carbonyl (C=O) groups is 1. The molecule has 1 amide bonds. The summed E-state index contributed by atoms with van der Waals surface area (Å²) in [7, 11) is -3.20. The van der Waals surface area contributed by atoms with Crippen LogP contribution in [-0.4, -0.2) is 30.7 Å². The zero-order valence-corrected chi connectivity index (χ0v) is 20.7. The van der Waals surface area contributed by atoms with Crippen LogP contribution < -0.4 is 10.0 Å². The largest absolute Gasteiger partial charge is 0.448 e. The van der Waals surface area contributed by atoms with Crippen LogP contribution in [0.25, 0.3) is 16.7 Å². The molecule has 0 bridgehead atoms. The van der Waals surface area contributed by atoms with Crippen molar-refractivity contribution in [2.45, 2.75) is 26.3 Å². The predicted molar refractivity (Wildman–Crippen MR) is 138 cm³/mol. The molecule has 10 heteroatoms. The monoisotopic (exact) mass is 512 g/mol. The fourth-order valence-electron chi connectivity index (χ4n) is 3.79. The van der Waals surface area contributed by atoms with E-state index in [4.69, 9.17) is 27.1 Å². The number of anilines is 1. The molecule has 0 aliphatic heterocycles. The Morgan fingerprint density at radius 2 is 1.74 bits per heavy atom. The number of rotatable bonds is 8. The molecule has 0 aliphatic carbocycles. The maximum atomic E-state index is 12.4. The zero-order valence-electron chi connectivity index (χ0n) is 19.1. The van der Waals surface area contributed by atoms with Crippen molar-refractivity contribution in [1.29, 1.82) is 0 Å². The van der Waals surface area contributed by atoms with Gasteiger partial charge in [0, 0.05) is 30.1 Å². The second-order valence-corrected chi connectivity index (χ2v) is 9.11. The number of fused-ring (bicyclic) bond motifs is 1. The van der Waals surface area contributed by atoms with Gasteiger partial charge in [-0.05, 0) is 53.6 Å². The van der Waals surface area contributed by atoms with E-state index in [1.54, 1.807) is 12.1 Å². The highest BCUT2D eigenvalue weighted by molar-refractivity contribution is 7.75. The number of hydrogen-bond acceptors (Lipinski definition) is 6. The first-order chi connectivity index (χ1) is 16.9. The number of imidazole rings is 1. The van der Waals surface area contributed by atoms with Gasteiger partial charge < -0.3 is 10.5 Å².